The first kappa shape index (κ1) is 13.3. The quantitative estimate of drug-likeness (QED) is 0.831. The van der Waals surface area contributed by atoms with Crippen LogP contribution in [0.15, 0.2) is 24.3 Å². The Morgan fingerprint density at radius 2 is 1.80 bits per heavy atom. The van der Waals surface area contributed by atoms with E-state index in [4.69, 9.17) is 5.73 Å². The van der Waals surface area contributed by atoms with Crippen molar-refractivity contribution >= 4 is 11.8 Å². The number of likely N-dealkylation sites (tertiary alicyclic amines) is 1. The molecule has 2 unspecified atom stereocenters. The van der Waals surface area contributed by atoms with Gasteiger partial charge in [-0.25, -0.2) is 0 Å². The molecule has 3 rings (SSSR count). The van der Waals surface area contributed by atoms with Crippen molar-refractivity contribution in [2.24, 2.45) is 11.7 Å². The fourth-order valence-electron chi connectivity index (χ4n) is 3.13. The van der Waals surface area contributed by atoms with Crippen molar-refractivity contribution in [3.63, 3.8) is 0 Å². The number of benzene rings is 1. The molecule has 2 aliphatic heterocycles. The van der Waals surface area contributed by atoms with Crippen LogP contribution >= 0.6 is 0 Å². The van der Waals surface area contributed by atoms with E-state index >= 15 is 0 Å². The smallest absolute Gasteiger partial charge is 0.262 e. The lowest BCUT2D eigenvalue weighted by atomic mass is 10.1. The third-order valence-electron chi connectivity index (χ3n) is 4.33. The number of nitrogens with two attached hydrogens (primary N) is 1. The maximum Gasteiger partial charge on any atom is 0.262 e. The molecule has 20 heavy (non-hydrogen) atoms. The van der Waals surface area contributed by atoms with E-state index in [9.17, 15) is 9.59 Å². The summed E-state index contributed by atoms with van der Waals surface area (Å²) in [6, 6.07) is 7.36. The molecule has 1 aromatic rings. The van der Waals surface area contributed by atoms with E-state index in [1.54, 1.807) is 24.3 Å². The standard InChI is InChI=1S/C15H19N3O2/c1-10-6-11(7-16)8-17(10)9-18-14(19)12-4-2-3-5-13(12)15(18)20/h2-5,10-11H,6-9,16H2,1H3. The molecule has 0 aromatic heterocycles. The van der Waals surface area contributed by atoms with Crippen LogP contribution in [0, 0.1) is 5.92 Å². The Morgan fingerprint density at radius 3 is 2.30 bits per heavy atom. The third kappa shape index (κ3) is 2.03. The van der Waals surface area contributed by atoms with Gasteiger partial charge in [-0.15, -0.1) is 0 Å². The lowest BCUT2D eigenvalue weighted by molar-refractivity contribution is 0.0532. The first-order chi connectivity index (χ1) is 9.61. The third-order valence-corrected chi connectivity index (χ3v) is 4.33. The van der Waals surface area contributed by atoms with E-state index in [-0.39, 0.29) is 11.8 Å². The van der Waals surface area contributed by atoms with Crippen LogP contribution in [0.1, 0.15) is 34.1 Å². The summed E-state index contributed by atoms with van der Waals surface area (Å²) in [7, 11) is 0. The normalized spacial score (nSPS) is 26.4. The summed E-state index contributed by atoms with van der Waals surface area (Å²) in [6.45, 7) is 3.99. The molecule has 2 N–H and O–H groups in total. The van der Waals surface area contributed by atoms with Gasteiger partial charge in [0.05, 0.1) is 17.8 Å². The van der Waals surface area contributed by atoms with Crippen molar-refractivity contribution in [3.05, 3.63) is 35.4 Å². The van der Waals surface area contributed by atoms with Crippen molar-refractivity contribution in [2.45, 2.75) is 19.4 Å². The zero-order valence-corrected chi connectivity index (χ0v) is 11.6. The van der Waals surface area contributed by atoms with Gasteiger partial charge in [-0.2, -0.15) is 0 Å². The number of carbonyl (C=O) groups is 2. The van der Waals surface area contributed by atoms with E-state index < -0.39 is 0 Å². The van der Waals surface area contributed by atoms with Crippen molar-refractivity contribution in [1.82, 2.24) is 9.80 Å². The van der Waals surface area contributed by atoms with Crippen LogP contribution < -0.4 is 5.73 Å². The maximum absolute atomic E-state index is 12.3. The zero-order chi connectivity index (χ0) is 14.3. The molecule has 0 spiro atoms. The van der Waals surface area contributed by atoms with Gasteiger partial charge in [0.25, 0.3) is 11.8 Å². The largest absolute Gasteiger partial charge is 0.330 e. The first-order valence-electron chi connectivity index (χ1n) is 7.01. The first-order valence-corrected chi connectivity index (χ1v) is 7.01. The molecule has 2 heterocycles. The summed E-state index contributed by atoms with van der Waals surface area (Å²) in [6.07, 6.45) is 1.03. The number of hydrogen-bond donors (Lipinski definition) is 1. The lowest BCUT2D eigenvalue weighted by Gasteiger charge is -2.26. The van der Waals surface area contributed by atoms with Gasteiger partial charge in [-0.05, 0) is 37.9 Å². The van der Waals surface area contributed by atoms with Crippen LogP contribution in [-0.4, -0.2) is 47.4 Å². The Kier molecular flexibility index (Phi) is 3.31. The summed E-state index contributed by atoms with van der Waals surface area (Å²) in [5, 5.41) is 0. The Labute approximate surface area is 118 Å². The Morgan fingerprint density at radius 1 is 1.20 bits per heavy atom. The highest BCUT2D eigenvalue weighted by Crippen LogP contribution is 2.26. The van der Waals surface area contributed by atoms with E-state index in [2.05, 4.69) is 11.8 Å². The van der Waals surface area contributed by atoms with Gasteiger partial charge in [0, 0.05) is 12.6 Å². The summed E-state index contributed by atoms with van der Waals surface area (Å²) in [5.41, 5.74) is 6.74. The highest BCUT2D eigenvalue weighted by molar-refractivity contribution is 6.21. The molecular formula is C15H19N3O2. The van der Waals surface area contributed by atoms with Crippen molar-refractivity contribution < 1.29 is 9.59 Å². The summed E-state index contributed by atoms with van der Waals surface area (Å²) >= 11 is 0. The average Bonchev–Trinajstić information content (AvgIpc) is 2.93. The molecule has 2 aliphatic rings. The van der Waals surface area contributed by atoms with Crippen LogP contribution in [0.2, 0.25) is 0 Å². The topological polar surface area (TPSA) is 66.6 Å². The van der Waals surface area contributed by atoms with E-state index in [1.807, 2.05) is 0 Å². The highest BCUT2D eigenvalue weighted by atomic mass is 16.2. The van der Waals surface area contributed by atoms with Crippen molar-refractivity contribution in [3.8, 4) is 0 Å². The minimum atomic E-state index is -0.186. The van der Waals surface area contributed by atoms with Crippen LogP contribution in [0.4, 0.5) is 0 Å². The molecule has 106 valence electrons. The molecule has 2 amide bonds. The molecular weight excluding hydrogens is 254 g/mol. The van der Waals surface area contributed by atoms with Gasteiger partial charge in [-0.1, -0.05) is 12.1 Å². The number of nitrogens with zero attached hydrogens (tertiary/aromatic N) is 2. The molecule has 2 atom stereocenters. The van der Waals surface area contributed by atoms with Gasteiger partial charge in [0.15, 0.2) is 0 Å². The fourth-order valence-corrected chi connectivity index (χ4v) is 3.13. The monoisotopic (exact) mass is 273 g/mol. The second-order valence-electron chi connectivity index (χ2n) is 5.68. The second-order valence-corrected chi connectivity index (χ2v) is 5.68. The van der Waals surface area contributed by atoms with E-state index in [0.717, 1.165) is 13.0 Å². The molecule has 5 nitrogen and oxygen atoms in total. The van der Waals surface area contributed by atoms with Crippen molar-refractivity contribution in [2.75, 3.05) is 19.8 Å². The Hall–Kier alpha value is -1.72. The van der Waals surface area contributed by atoms with Crippen molar-refractivity contribution in [1.29, 1.82) is 0 Å². The van der Waals surface area contributed by atoms with Gasteiger partial charge in [-0.3, -0.25) is 19.4 Å². The molecule has 0 bridgehead atoms. The van der Waals surface area contributed by atoms with Gasteiger partial charge < -0.3 is 5.73 Å². The lowest BCUT2D eigenvalue weighted by Crippen LogP contribution is -2.42. The Balaban J connectivity index is 1.77. The molecule has 1 fully saturated rings. The number of imide groups is 1. The summed E-state index contributed by atoms with van der Waals surface area (Å²) in [4.78, 5) is 28.1. The predicted molar refractivity (Wildman–Crippen MR) is 75.1 cm³/mol. The number of hydrogen-bond acceptors (Lipinski definition) is 4. The number of fused-ring (bicyclic) bond motifs is 1. The molecule has 1 aromatic carbocycles. The molecule has 0 aliphatic carbocycles. The number of amides is 2. The minimum absolute atomic E-state index is 0.186. The average molecular weight is 273 g/mol. The SMILES string of the molecule is CC1CC(CN)CN1CN1C(=O)c2ccccc2C1=O. The zero-order valence-electron chi connectivity index (χ0n) is 11.6. The van der Waals surface area contributed by atoms with Crippen LogP contribution in [-0.2, 0) is 0 Å². The Bertz CT molecular complexity index is 523. The van der Waals surface area contributed by atoms with Crippen LogP contribution in [0.5, 0.6) is 0 Å². The predicted octanol–water partition coefficient (Wildman–Crippen LogP) is 0.909. The summed E-state index contributed by atoms with van der Waals surface area (Å²) < 4.78 is 0. The second kappa shape index (κ2) is 5.00. The van der Waals surface area contributed by atoms with Gasteiger partial charge in [0.1, 0.15) is 0 Å². The van der Waals surface area contributed by atoms with Crippen LogP contribution in [0.25, 0.3) is 0 Å². The molecule has 0 radical (unpaired) electrons. The fraction of sp³-hybridized carbons (Fsp3) is 0.467. The van der Waals surface area contributed by atoms with Gasteiger partial charge >= 0.3 is 0 Å². The number of carbonyl (C=O) groups excluding carboxylic acids is 2. The van der Waals surface area contributed by atoms with E-state index in [0.29, 0.717) is 36.3 Å². The molecule has 1 saturated heterocycles. The van der Waals surface area contributed by atoms with Crippen LogP contribution in [0.3, 0.4) is 0 Å². The maximum atomic E-state index is 12.3. The molecule has 0 saturated carbocycles. The van der Waals surface area contributed by atoms with Gasteiger partial charge in [0.2, 0.25) is 0 Å². The summed E-state index contributed by atoms with van der Waals surface area (Å²) in [5.74, 6) is 0.0863. The number of rotatable bonds is 3. The van der Waals surface area contributed by atoms with E-state index in [1.165, 1.54) is 4.90 Å². The minimum Gasteiger partial charge on any atom is -0.330 e. The molecule has 5 heteroatoms. The highest BCUT2D eigenvalue weighted by Gasteiger charge is 2.38.